The molecule has 2 N–H and O–H groups in total. The SMILES string of the molecule is COc1ccc(S(=O)(=O)N2CCOCC2)cc1C(=O)Nc1ccc(S(=O)(=O)Nc2ccc(F)cc2)cc1. The standard InChI is InChI=1S/C24H24FN3O7S2/c1-34-23-11-10-21(37(32,33)28-12-14-35-15-13-28)16-22(23)24(29)26-18-6-8-20(9-7-18)36(30,31)27-19-4-2-17(25)3-5-19/h2-11,16,27H,12-15H2,1H3,(H,26,29). The van der Waals surface area contributed by atoms with E-state index in [9.17, 15) is 26.0 Å². The van der Waals surface area contributed by atoms with Gasteiger partial charge >= 0.3 is 0 Å². The maximum Gasteiger partial charge on any atom is 0.261 e. The van der Waals surface area contributed by atoms with Gasteiger partial charge in [-0.1, -0.05) is 0 Å². The summed E-state index contributed by atoms with van der Waals surface area (Å²) in [6, 6.07) is 14.2. The van der Waals surface area contributed by atoms with E-state index < -0.39 is 31.8 Å². The molecule has 4 rings (SSSR count). The summed E-state index contributed by atoms with van der Waals surface area (Å²) in [4.78, 5) is 12.9. The Labute approximate surface area is 214 Å². The zero-order chi connectivity index (χ0) is 26.6. The zero-order valence-electron chi connectivity index (χ0n) is 19.7. The Bertz CT molecular complexity index is 1490. The molecule has 1 saturated heterocycles. The first-order valence-electron chi connectivity index (χ1n) is 11.1. The third-order valence-electron chi connectivity index (χ3n) is 5.54. The van der Waals surface area contributed by atoms with E-state index >= 15 is 0 Å². The van der Waals surface area contributed by atoms with Gasteiger partial charge in [0, 0.05) is 24.5 Å². The van der Waals surface area contributed by atoms with Crippen molar-refractivity contribution >= 4 is 37.3 Å². The molecule has 196 valence electrons. The Balaban J connectivity index is 1.52. The van der Waals surface area contributed by atoms with Crippen LogP contribution in [0.2, 0.25) is 0 Å². The van der Waals surface area contributed by atoms with Gasteiger partial charge in [-0.2, -0.15) is 4.31 Å². The van der Waals surface area contributed by atoms with Crippen LogP contribution >= 0.6 is 0 Å². The highest BCUT2D eigenvalue weighted by atomic mass is 32.2. The number of sulfonamides is 2. The average Bonchev–Trinajstić information content (AvgIpc) is 2.90. The number of methoxy groups -OCH3 is 1. The summed E-state index contributed by atoms with van der Waals surface area (Å²) >= 11 is 0. The third-order valence-corrected chi connectivity index (χ3v) is 8.83. The molecule has 10 nitrogen and oxygen atoms in total. The second-order valence-corrected chi connectivity index (χ2v) is 11.6. The topological polar surface area (TPSA) is 131 Å². The first-order chi connectivity index (χ1) is 17.6. The van der Waals surface area contributed by atoms with Crippen molar-refractivity contribution in [2.24, 2.45) is 0 Å². The van der Waals surface area contributed by atoms with Crippen LogP contribution in [0.25, 0.3) is 0 Å². The monoisotopic (exact) mass is 549 g/mol. The van der Waals surface area contributed by atoms with Gasteiger partial charge in [-0.3, -0.25) is 9.52 Å². The van der Waals surface area contributed by atoms with Gasteiger partial charge in [0.1, 0.15) is 11.6 Å². The number of hydrogen-bond acceptors (Lipinski definition) is 7. The molecule has 0 atom stereocenters. The van der Waals surface area contributed by atoms with Crippen LogP contribution in [0, 0.1) is 5.82 Å². The largest absolute Gasteiger partial charge is 0.496 e. The minimum atomic E-state index is -3.95. The van der Waals surface area contributed by atoms with Crippen molar-refractivity contribution in [2.45, 2.75) is 9.79 Å². The molecular formula is C24H24FN3O7S2. The summed E-state index contributed by atoms with van der Waals surface area (Å²) in [5, 5.41) is 2.62. The maximum absolute atomic E-state index is 13.1. The molecule has 0 bridgehead atoms. The molecule has 0 aromatic heterocycles. The fraction of sp³-hybridized carbons (Fsp3) is 0.208. The van der Waals surface area contributed by atoms with E-state index in [-0.39, 0.29) is 58.8 Å². The molecule has 3 aromatic rings. The fourth-order valence-electron chi connectivity index (χ4n) is 3.61. The van der Waals surface area contributed by atoms with Gasteiger partial charge < -0.3 is 14.8 Å². The number of nitrogens with zero attached hydrogens (tertiary/aromatic N) is 1. The van der Waals surface area contributed by atoms with Crippen molar-refractivity contribution in [1.82, 2.24) is 4.31 Å². The number of anilines is 2. The summed E-state index contributed by atoms with van der Waals surface area (Å²) in [7, 11) is -6.44. The number of rotatable bonds is 8. The molecule has 0 radical (unpaired) electrons. The minimum absolute atomic E-state index is 0.00786. The number of amides is 1. The van der Waals surface area contributed by atoms with E-state index in [4.69, 9.17) is 9.47 Å². The molecule has 37 heavy (non-hydrogen) atoms. The van der Waals surface area contributed by atoms with Gasteiger partial charge in [-0.25, -0.2) is 21.2 Å². The van der Waals surface area contributed by atoms with Gasteiger partial charge in [0.05, 0.1) is 35.7 Å². The Morgan fingerprint density at radius 2 is 1.49 bits per heavy atom. The van der Waals surface area contributed by atoms with E-state index in [0.29, 0.717) is 0 Å². The molecule has 0 spiro atoms. The highest BCUT2D eigenvalue weighted by molar-refractivity contribution is 7.92. The predicted molar refractivity (Wildman–Crippen MR) is 134 cm³/mol. The first-order valence-corrected chi connectivity index (χ1v) is 14.0. The van der Waals surface area contributed by atoms with Gasteiger partial charge in [0.2, 0.25) is 10.0 Å². The van der Waals surface area contributed by atoms with Gasteiger partial charge in [-0.05, 0) is 66.7 Å². The van der Waals surface area contributed by atoms with Crippen LogP contribution in [-0.2, 0) is 24.8 Å². The second kappa shape index (κ2) is 10.8. The number of benzene rings is 3. The molecule has 1 amide bonds. The van der Waals surface area contributed by atoms with Crippen molar-refractivity contribution in [1.29, 1.82) is 0 Å². The van der Waals surface area contributed by atoms with Gasteiger partial charge in [-0.15, -0.1) is 0 Å². The van der Waals surface area contributed by atoms with Crippen molar-refractivity contribution < 1.29 is 35.5 Å². The normalized spacial score (nSPS) is 14.6. The molecule has 1 fully saturated rings. The van der Waals surface area contributed by atoms with Crippen molar-refractivity contribution in [3.63, 3.8) is 0 Å². The maximum atomic E-state index is 13.1. The lowest BCUT2D eigenvalue weighted by Gasteiger charge is -2.26. The third kappa shape index (κ3) is 6.07. The lowest BCUT2D eigenvalue weighted by atomic mass is 10.2. The van der Waals surface area contributed by atoms with E-state index in [1.54, 1.807) is 0 Å². The van der Waals surface area contributed by atoms with Crippen molar-refractivity contribution in [3.05, 3.63) is 78.1 Å². The van der Waals surface area contributed by atoms with Crippen LogP contribution in [0.3, 0.4) is 0 Å². The summed E-state index contributed by atoms with van der Waals surface area (Å²) < 4.78 is 78.4. The van der Waals surface area contributed by atoms with Crippen LogP contribution in [0.15, 0.2) is 76.5 Å². The highest BCUT2D eigenvalue weighted by Gasteiger charge is 2.28. The van der Waals surface area contributed by atoms with E-state index in [0.717, 1.165) is 12.1 Å². The highest BCUT2D eigenvalue weighted by Crippen LogP contribution is 2.26. The van der Waals surface area contributed by atoms with E-state index in [2.05, 4.69) is 10.0 Å². The molecule has 1 aliphatic rings. The minimum Gasteiger partial charge on any atom is -0.496 e. The number of ether oxygens (including phenoxy) is 2. The fourth-order valence-corrected chi connectivity index (χ4v) is 6.10. The van der Waals surface area contributed by atoms with Gasteiger partial charge in [0.15, 0.2) is 0 Å². The molecule has 0 aliphatic carbocycles. The number of carbonyl (C=O) groups is 1. The molecule has 0 unspecified atom stereocenters. The number of hydrogen-bond donors (Lipinski definition) is 2. The lowest BCUT2D eigenvalue weighted by Crippen LogP contribution is -2.40. The number of halogens is 1. The van der Waals surface area contributed by atoms with Crippen LogP contribution in [0.4, 0.5) is 15.8 Å². The quantitative estimate of drug-likeness (QED) is 0.442. The Hall–Kier alpha value is -3.52. The molecule has 13 heteroatoms. The Kier molecular flexibility index (Phi) is 7.78. The van der Waals surface area contributed by atoms with Gasteiger partial charge in [0.25, 0.3) is 15.9 Å². The number of morpholine rings is 1. The van der Waals surface area contributed by atoms with Crippen LogP contribution in [0.1, 0.15) is 10.4 Å². The van der Waals surface area contributed by atoms with Crippen LogP contribution in [0.5, 0.6) is 5.75 Å². The van der Waals surface area contributed by atoms with E-state index in [1.165, 1.54) is 66.0 Å². The van der Waals surface area contributed by atoms with Crippen LogP contribution < -0.4 is 14.8 Å². The molecular weight excluding hydrogens is 525 g/mol. The zero-order valence-corrected chi connectivity index (χ0v) is 21.3. The average molecular weight is 550 g/mol. The second-order valence-electron chi connectivity index (χ2n) is 7.97. The molecule has 3 aromatic carbocycles. The summed E-state index contributed by atoms with van der Waals surface area (Å²) in [6.07, 6.45) is 0. The molecule has 0 saturated carbocycles. The summed E-state index contributed by atoms with van der Waals surface area (Å²) in [5.41, 5.74) is 0.457. The Morgan fingerprint density at radius 3 is 2.11 bits per heavy atom. The smallest absolute Gasteiger partial charge is 0.261 e. The van der Waals surface area contributed by atoms with E-state index in [1.807, 2.05) is 0 Å². The van der Waals surface area contributed by atoms with Crippen molar-refractivity contribution in [2.75, 3.05) is 43.5 Å². The Morgan fingerprint density at radius 1 is 0.892 bits per heavy atom. The lowest BCUT2D eigenvalue weighted by molar-refractivity contribution is 0.0730. The summed E-state index contributed by atoms with van der Waals surface area (Å²) in [5.74, 6) is -0.971. The molecule has 1 aliphatic heterocycles. The predicted octanol–water partition coefficient (Wildman–Crippen LogP) is 2.91. The molecule has 1 heterocycles. The number of nitrogens with one attached hydrogen (secondary N) is 2. The van der Waals surface area contributed by atoms with Crippen LogP contribution in [-0.4, -0.2) is 60.5 Å². The van der Waals surface area contributed by atoms with Crippen molar-refractivity contribution in [3.8, 4) is 5.75 Å². The number of carbonyl (C=O) groups excluding carboxylic acids is 1. The first kappa shape index (κ1) is 26.5. The summed E-state index contributed by atoms with van der Waals surface area (Å²) in [6.45, 7) is 0.990.